The largest absolute Gasteiger partial charge is 0.478 e. The van der Waals surface area contributed by atoms with Crippen LogP contribution < -0.4 is 4.74 Å². The lowest BCUT2D eigenvalue weighted by molar-refractivity contribution is -0.152. The molecule has 0 amide bonds. The third-order valence-electron chi connectivity index (χ3n) is 2.61. The zero-order chi connectivity index (χ0) is 14.9. The van der Waals surface area contributed by atoms with Gasteiger partial charge in [0.1, 0.15) is 8.72 Å². The van der Waals surface area contributed by atoms with Gasteiger partial charge in [0.15, 0.2) is 0 Å². The summed E-state index contributed by atoms with van der Waals surface area (Å²) >= 11 is 8.21. The van der Waals surface area contributed by atoms with Crippen LogP contribution in [0.25, 0.3) is 5.69 Å². The van der Waals surface area contributed by atoms with E-state index in [4.69, 9.17) is 21.4 Å². The fraction of sp³-hybridized carbons (Fsp3) is 0.231. The number of benzene rings is 1. The number of rotatable bonds is 4. The van der Waals surface area contributed by atoms with Crippen molar-refractivity contribution < 1.29 is 14.6 Å². The van der Waals surface area contributed by atoms with Crippen LogP contribution in [0.15, 0.2) is 30.3 Å². The molecule has 20 heavy (non-hydrogen) atoms. The molecule has 1 N–H and O–H groups in total. The van der Waals surface area contributed by atoms with Crippen LogP contribution in [-0.2, 0) is 4.79 Å². The second-order valence-electron chi connectivity index (χ2n) is 4.57. The molecule has 7 heteroatoms. The Hall–Kier alpha value is -1.28. The molecule has 0 bridgehead atoms. The van der Waals surface area contributed by atoms with Crippen molar-refractivity contribution in [2.24, 2.45) is 0 Å². The lowest BCUT2D eigenvalue weighted by atomic mass is 10.1. The maximum Gasteiger partial charge on any atom is 0.347 e. The van der Waals surface area contributed by atoms with Crippen LogP contribution >= 0.6 is 34.2 Å². The molecular formula is C13H12ClIN2O3. The van der Waals surface area contributed by atoms with Crippen molar-refractivity contribution in [3.63, 3.8) is 0 Å². The lowest BCUT2D eigenvalue weighted by Gasteiger charge is -2.19. The van der Waals surface area contributed by atoms with E-state index in [0.29, 0.717) is 8.72 Å². The summed E-state index contributed by atoms with van der Waals surface area (Å²) in [6, 6.07) is 9.40. The molecular weight excluding hydrogens is 395 g/mol. The first kappa shape index (κ1) is 15.1. The monoisotopic (exact) mass is 406 g/mol. The second-order valence-corrected chi connectivity index (χ2v) is 5.97. The number of carboxylic acids is 1. The summed E-state index contributed by atoms with van der Waals surface area (Å²) < 4.78 is 7.68. The van der Waals surface area contributed by atoms with Gasteiger partial charge in [-0.1, -0.05) is 29.8 Å². The van der Waals surface area contributed by atoms with Gasteiger partial charge in [0.2, 0.25) is 5.60 Å². The maximum atomic E-state index is 11.1. The average Bonchev–Trinajstić information content (AvgIpc) is 2.67. The van der Waals surface area contributed by atoms with Gasteiger partial charge < -0.3 is 9.84 Å². The number of carbonyl (C=O) groups is 1. The van der Waals surface area contributed by atoms with Crippen molar-refractivity contribution in [1.29, 1.82) is 0 Å². The number of aliphatic carboxylic acids is 1. The van der Waals surface area contributed by atoms with E-state index in [-0.39, 0.29) is 5.88 Å². The van der Waals surface area contributed by atoms with E-state index in [1.54, 1.807) is 4.68 Å². The maximum absolute atomic E-state index is 11.1. The molecule has 0 aliphatic carbocycles. The smallest absolute Gasteiger partial charge is 0.347 e. The van der Waals surface area contributed by atoms with Crippen molar-refractivity contribution in [3.8, 4) is 11.6 Å². The van der Waals surface area contributed by atoms with Gasteiger partial charge in [-0.25, -0.2) is 9.48 Å². The molecule has 106 valence electrons. The van der Waals surface area contributed by atoms with E-state index < -0.39 is 11.6 Å². The summed E-state index contributed by atoms with van der Waals surface area (Å²) in [6.07, 6.45) is 0. The summed E-state index contributed by atoms with van der Waals surface area (Å²) in [4.78, 5) is 11.1. The summed E-state index contributed by atoms with van der Waals surface area (Å²) in [5.41, 5.74) is -0.579. The van der Waals surface area contributed by atoms with Crippen molar-refractivity contribution in [2.75, 3.05) is 0 Å². The van der Waals surface area contributed by atoms with Crippen LogP contribution in [0.2, 0.25) is 5.02 Å². The van der Waals surface area contributed by atoms with Crippen LogP contribution in [-0.4, -0.2) is 26.5 Å². The zero-order valence-electron chi connectivity index (χ0n) is 10.8. The van der Waals surface area contributed by atoms with Crippen LogP contribution in [0.3, 0.4) is 0 Å². The Morgan fingerprint density at radius 2 is 2.00 bits per heavy atom. The highest BCUT2D eigenvalue weighted by atomic mass is 127. The van der Waals surface area contributed by atoms with Crippen molar-refractivity contribution in [3.05, 3.63) is 39.1 Å². The van der Waals surface area contributed by atoms with Crippen LogP contribution in [0.1, 0.15) is 13.8 Å². The molecule has 2 aromatic rings. The fourth-order valence-corrected chi connectivity index (χ4v) is 2.22. The molecule has 0 fully saturated rings. The molecule has 5 nitrogen and oxygen atoms in total. The predicted molar refractivity (Wildman–Crippen MR) is 83.6 cm³/mol. The third-order valence-corrected chi connectivity index (χ3v) is 4.27. The number of para-hydroxylation sites is 1. The van der Waals surface area contributed by atoms with Crippen LogP contribution in [0.4, 0.5) is 0 Å². The summed E-state index contributed by atoms with van der Waals surface area (Å²) in [6.45, 7) is 2.89. The van der Waals surface area contributed by atoms with Gasteiger partial charge >= 0.3 is 5.97 Å². The van der Waals surface area contributed by atoms with Crippen LogP contribution in [0, 0.1) is 3.70 Å². The molecule has 0 aliphatic rings. The highest BCUT2D eigenvalue weighted by molar-refractivity contribution is 14.1. The SMILES string of the molecule is CC(C)(Oc1nn(-c2ccccc2)c(I)c1Cl)C(=O)O. The molecule has 0 aliphatic heterocycles. The Labute approximate surface area is 134 Å². The van der Waals surface area contributed by atoms with Gasteiger partial charge in [0, 0.05) is 0 Å². The van der Waals surface area contributed by atoms with E-state index >= 15 is 0 Å². The fourth-order valence-electron chi connectivity index (χ4n) is 1.45. The number of halogens is 2. The Balaban J connectivity index is 2.41. The molecule has 0 radical (unpaired) electrons. The molecule has 1 aromatic heterocycles. The topological polar surface area (TPSA) is 64.4 Å². The minimum Gasteiger partial charge on any atom is -0.478 e. The number of carboxylic acid groups (broad SMARTS) is 1. The number of hydrogen-bond donors (Lipinski definition) is 1. The average molecular weight is 407 g/mol. The second kappa shape index (κ2) is 5.61. The van der Waals surface area contributed by atoms with Crippen LogP contribution in [0.5, 0.6) is 5.88 Å². The quantitative estimate of drug-likeness (QED) is 0.791. The Bertz CT molecular complexity index is 641. The Morgan fingerprint density at radius 3 is 2.55 bits per heavy atom. The molecule has 1 aromatic carbocycles. The Morgan fingerprint density at radius 1 is 1.40 bits per heavy atom. The molecule has 0 atom stereocenters. The normalized spacial score (nSPS) is 11.4. The van der Waals surface area contributed by atoms with Crippen molar-refractivity contribution >= 4 is 40.2 Å². The van der Waals surface area contributed by atoms with Gasteiger partial charge in [-0.2, -0.15) is 0 Å². The molecule has 0 unspecified atom stereocenters. The Kier molecular flexibility index (Phi) is 4.24. The summed E-state index contributed by atoms with van der Waals surface area (Å²) in [5.74, 6) is -0.981. The van der Waals surface area contributed by atoms with E-state index in [2.05, 4.69) is 5.10 Å². The van der Waals surface area contributed by atoms with E-state index in [1.807, 2.05) is 52.9 Å². The lowest BCUT2D eigenvalue weighted by Crippen LogP contribution is -2.38. The van der Waals surface area contributed by atoms with E-state index in [0.717, 1.165) is 5.69 Å². The summed E-state index contributed by atoms with van der Waals surface area (Å²) in [5, 5.41) is 13.6. The molecule has 1 heterocycles. The zero-order valence-corrected chi connectivity index (χ0v) is 13.7. The molecule has 0 spiro atoms. The molecule has 0 saturated carbocycles. The standard InChI is InChI=1S/C13H12ClIN2O3/c1-13(2,12(18)19)20-11-9(14)10(15)17(16-11)8-6-4-3-5-7-8/h3-7H,1-2H3,(H,18,19). The predicted octanol–water partition coefficient (Wildman–Crippen LogP) is 3.37. The van der Waals surface area contributed by atoms with Gasteiger partial charge in [0.25, 0.3) is 5.88 Å². The highest BCUT2D eigenvalue weighted by Crippen LogP contribution is 2.32. The first-order chi connectivity index (χ1) is 9.33. The summed E-state index contributed by atoms with van der Waals surface area (Å²) in [7, 11) is 0. The number of ether oxygens (including phenoxy) is 1. The van der Waals surface area contributed by atoms with E-state index in [9.17, 15) is 4.79 Å². The first-order valence-corrected chi connectivity index (χ1v) is 7.20. The first-order valence-electron chi connectivity index (χ1n) is 5.75. The minimum atomic E-state index is -1.40. The van der Waals surface area contributed by atoms with E-state index in [1.165, 1.54) is 13.8 Å². The van der Waals surface area contributed by atoms with Crippen molar-refractivity contribution in [1.82, 2.24) is 9.78 Å². The van der Waals surface area contributed by atoms with Gasteiger partial charge in [-0.05, 0) is 48.6 Å². The van der Waals surface area contributed by atoms with Gasteiger partial charge in [-0.3, -0.25) is 0 Å². The van der Waals surface area contributed by atoms with Gasteiger partial charge in [-0.15, -0.1) is 5.10 Å². The highest BCUT2D eigenvalue weighted by Gasteiger charge is 2.32. The number of aromatic nitrogens is 2. The van der Waals surface area contributed by atoms with Gasteiger partial charge in [0.05, 0.1) is 5.69 Å². The number of hydrogen-bond acceptors (Lipinski definition) is 3. The third kappa shape index (κ3) is 2.90. The van der Waals surface area contributed by atoms with Crippen molar-refractivity contribution in [2.45, 2.75) is 19.4 Å². The minimum absolute atomic E-state index is 0.104. The molecule has 2 rings (SSSR count). The number of nitrogens with zero attached hydrogens (tertiary/aromatic N) is 2. The molecule has 0 saturated heterocycles.